The van der Waals surface area contributed by atoms with Crippen LogP contribution in [0.3, 0.4) is 0 Å². The van der Waals surface area contributed by atoms with E-state index in [1.165, 1.54) is 96.7 Å². The monoisotopic (exact) mass is 1110 g/mol. The molecule has 2 aromatic heterocycles. The number of nitrogens with zero attached hydrogens (tertiary/aromatic N) is 2. The summed E-state index contributed by atoms with van der Waals surface area (Å²) in [5.74, 6) is 0. The van der Waals surface area contributed by atoms with Gasteiger partial charge in [0, 0.05) is 58.7 Å². The number of aryl methyl sites for hydroxylation is 4. The Hall–Kier alpha value is -8.80. The lowest BCUT2D eigenvalue weighted by Gasteiger charge is -2.33. The minimum Gasteiger partial charge on any atom is -0.310 e. The molecule has 0 N–H and O–H groups in total. The first-order chi connectivity index (χ1) is 40.8. The lowest BCUT2D eigenvalue weighted by Crippen LogP contribution is -2.26. The van der Waals surface area contributed by atoms with Crippen molar-refractivity contribution in [1.82, 2.24) is 0 Å². The van der Waals surface area contributed by atoms with Gasteiger partial charge in [-0.05, 0) is 239 Å². The number of rotatable bonds is 20. The molecule has 2 nitrogen and oxygen atoms in total. The summed E-state index contributed by atoms with van der Waals surface area (Å²) in [5, 5.41) is 2.52. The fourth-order valence-corrected chi connectivity index (χ4v) is 15.0. The summed E-state index contributed by atoms with van der Waals surface area (Å²) < 4.78 is 2.58. The van der Waals surface area contributed by atoms with E-state index in [2.05, 4.69) is 279 Å². The largest absolute Gasteiger partial charge is 0.310 e. The highest BCUT2D eigenvalue weighted by Gasteiger charge is 2.43. The van der Waals surface area contributed by atoms with Crippen molar-refractivity contribution in [3.63, 3.8) is 0 Å². The van der Waals surface area contributed by atoms with Crippen LogP contribution in [-0.2, 0) is 18.3 Å². The third kappa shape index (κ3) is 11.1. The Morgan fingerprint density at radius 2 is 0.795 bits per heavy atom. The van der Waals surface area contributed by atoms with Crippen LogP contribution in [0, 0.1) is 13.8 Å². The second kappa shape index (κ2) is 23.6. The molecule has 12 aromatic rings. The van der Waals surface area contributed by atoms with Gasteiger partial charge < -0.3 is 9.80 Å². The highest BCUT2D eigenvalue weighted by atomic mass is 32.1. The van der Waals surface area contributed by atoms with Crippen molar-refractivity contribution < 1.29 is 0 Å². The number of unbranched alkanes of at least 4 members (excludes halogenated alkanes) is 2. The average molecular weight is 1110 g/mol. The van der Waals surface area contributed by atoms with Gasteiger partial charge in [-0.2, -0.15) is 0 Å². The van der Waals surface area contributed by atoms with E-state index in [1.807, 2.05) is 34.8 Å². The van der Waals surface area contributed by atoms with Gasteiger partial charge in [-0.25, -0.2) is 0 Å². The predicted molar refractivity (Wildman–Crippen MR) is 361 cm³/mol. The highest BCUT2D eigenvalue weighted by molar-refractivity contribution is 7.22. The van der Waals surface area contributed by atoms with Gasteiger partial charge in [-0.15, -0.1) is 22.7 Å². The van der Waals surface area contributed by atoms with Gasteiger partial charge in [0.15, 0.2) is 0 Å². The Bertz CT molecular complexity index is 4030. The molecule has 406 valence electrons. The second-order valence-electron chi connectivity index (χ2n) is 22.6. The number of benzene rings is 10. The summed E-state index contributed by atoms with van der Waals surface area (Å²) in [7, 11) is 0. The standard InChI is InChI=1S/C79H68N2S2/c1-5-57-25-19-27-59(47-57)23-13-15-43-79(44-16-14-24-60-28-20-26-58(6-2)48-60)73-51-61(77-53-63-49-69(37-41-75(63)82-77)80(65-29-9-7-10-30-65)67-33-17-21-55(3)45-67)35-39-71(73)72-40-36-62(52-74(72)79)78-54-64-50-70(38-42-76(64)83-78)81(66-31-11-8-12-32-66)68-34-18-22-56(4)46-68/h5-12,17-22,25-42,45-54H,1-2,13-16,23-24,43-44H2,3-4H3. The number of para-hydroxylation sites is 2. The molecule has 0 fully saturated rings. The Morgan fingerprint density at radius 3 is 1.23 bits per heavy atom. The molecule has 0 spiro atoms. The second-order valence-corrected chi connectivity index (χ2v) is 24.8. The Balaban J connectivity index is 0.901. The van der Waals surface area contributed by atoms with Gasteiger partial charge in [0.2, 0.25) is 0 Å². The van der Waals surface area contributed by atoms with Crippen LogP contribution in [0.15, 0.2) is 256 Å². The van der Waals surface area contributed by atoms with Crippen LogP contribution in [-0.4, -0.2) is 0 Å². The van der Waals surface area contributed by atoms with E-state index in [-0.39, 0.29) is 5.41 Å². The van der Waals surface area contributed by atoms with E-state index in [0.29, 0.717) is 0 Å². The van der Waals surface area contributed by atoms with Crippen LogP contribution in [0.25, 0.3) is 64.3 Å². The molecule has 2 heterocycles. The fraction of sp³-hybridized carbons (Fsp3) is 0.139. The molecule has 0 unspecified atom stereocenters. The third-order valence-corrected chi connectivity index (χ3v) is 19.3. The highest BCUT2D eigenvalue weighted by Crippen LogP contribution is 2.57. The zero-order chi connectivity index (χ0) is 56.3. The SMILES string of the molecule is C=Cc1cccc(CCCCC2(CCCCc3cccc(C=C)c3)c3cc(-c4cc5cc(N(c6ccccc6)c6cccc(C)c6)ccc5s4)ccc3-c3ccc(-c4cc5cc(N(c6ccccc6)c6cccc(C)c6)ccc5s4)cc32)c1. The molecule has 10 aromatic carbocycles. The predicted octanol–water partition coefficient (Wildman–Crippen LogP) is 23.4. The molecule has 13 rings (SSSR count). The van der Waals surface area contributed by atoms with E-state index in [4.69, 9.17) is 0 Å². The molecule has 1 aliphatic rings. The summed E-state index contributed by atoms with van der Waals surface area (Å²) >= 11 is 3.81. The Morgan fingerprint density at radius 1 is 0.373 bits per heavy atom. The zero-order valence-corrected chi connectivity index (χ0v) is 49.2. The molecule has 0 bridgehead atoms. The summed E-state index contributed by atoms with van der Waals surface area (Å²) in [6, 6.07) is 90.9. The first kappa shape index (κ1) is 53.5. The van der Waals surface area contributed by atoms with Crippen molar-refractivity contribution in [3.8, 4) is 32.0 Å². The summed E-state index contributed by atoms with van der Waals surface area (Å²) in [5.41, 5.74) is 22.6. The number of hydrogen-bond donors (Lipinski definition) is 0. The maximum atomic E-state index is 4.08. The van der Waals surface area contributed by atoms with Gasteiger partial charge in [0.25, 0.3) is 0 Å². The van der Waals surface area contributed by atoms with Crippen molar-refractivity contribution >= 4 is 89.1 Å². The smallest absolute Gasteiger partial charge is 0.0468 e. The van der Waals surface area contributed by atoms with E-state index < -0.39 is 0 Å². The van der Waals surface area contributed by atoms with Crippen LogP contribution in [0.4, 0.5) is 34.1 Å². The number of thiophene rings is 2. The minimum atomic E-state index is -0.190. The molecule has 83 heavy (non-hydrogen) atoms. The summed E-state index contributed by atoms with van der Waals surface area (Å²) in [4.78, 5) is 7.37. The van der Waals surface area contributed by atoms with E-state index in [9.17, 15) is 0 Å². The van der Waals surface area contributed by atoms with Crippen LogP contribution >= 0.6 is 22.7 Å². The van der Waals surface area contributed by atoms with Crippen molar-refractivity contribution in [2.45, 2.75) is 70.6 Å². The summed E-state index contributed by atoms with van der Waals surface area (Å²) in [6.07, 6.45) is 12.6. The topological polar surface area (TPSA) is 6.48 Å². The van der Waals surface area contributed by atoms with Crippen molar-refractivity contribution in [3.05, 3.63) is 300 Å². The van der Waals surface area contributed by atoms with E-state index in [0.717, 1.165) is 85.5 Å². The molecular formula is C79H68N2S2. The normalized spacial score (nSPS) is 12.3. The average Bonchev–Trinajstić information content (AvgIpc) is 4.42. The molecular weight excluding hydrogens is 1040 g/mol. The third-order valence-electron chi connectivity index (χ3n) is 17.0. The lowest BCUT2D eigenvalue weighted by atomic mass is 9.70. The van der Waals surface area contributed by atoms with Crippen LogP contribution in [0.1, 0.15) is 83.0 Å². The first-order valence-electron chi connectivity index (χ1n) is 29.4. The van der Waals surface area contributed by atoms with Crippen LogP contribution < -0.4 is 9.80 Å². The molecule has 4 heteroatoms. The number of anilines is 6. The Labute approximate surface area is 498 Å². The van der Waals surface area contributed by atoms with E-state index >= 15 is 0 Å². The molecule has 0 atom stereocenters. The number of hydrogen-bond acceptors (Lipinski definition) is 4. The maximum Gasteiger partial charge on any atom is 0.0468 e. The number of fused-ring (bicyclic) bond motifs is 5. The molecule has 0 radical (unpaired) electrons. The van der Waals surface area contributed by atoms with Gasteiger partial charge >= 0.3 is 0 Å². The molecule has 0 saturated carbocycles. The van der Waals surface area contributed by atoms with E-state index in [1.54, 1.807) is 0 Å². The van der Waals surface area contributed by atoms with Crippen LogP contribution in [0.2, 0.25) is 0 Å². The van der Waals surface area contributed by atoms with Crippen LogP contribution in [0.5, 0.6) is 0 Å². The lowest BCUT2D eigenvalue weighted by molar-refractivity contribution is 0.407. The van der Waals surface area contributed by atoms with Gasteiger partial charge in [0.1, 0.15) is 0 Å². The zero-order valence-electron chi connectivity index (χ0n) is 47.5. The first-order valence-corrected chi connectivity index (χ1v) is 31.1. The van der Waals surface area contributed by atoms with Gasteiger partial charge in [-0.1, -0.05) is 172 Å². The summed E-state index contributed by atoms with van der Waals surface area (Å²) in [6.45, 7) is 12.5. The quantitative estimate of drug-likeness (QED) is 0.0702. The molecule has 0 saturated heterocycles. The van der Waals surface area contributed by atoms with Crippen molar-refractivity contribution in [1.29, 1.82) is 0 Å². The Kier molecular flexibility index (Phi) is 15.2. The fourth-order valence-electron chi connectivity index (χ4n) is 12.9. The van der Waals surface area contributed by atoms with Gasteiger partial charge in [-0.3, -0.25) is 0 Å². The molecule has 0 amide bonds. The molecule has 0 aliphatic heterocycles. The maximum absolute atomic E-state index is 4.08. The van der Waals surface area contributed by atoms with Gasteiger partial charge in [0.05, 0.1) is 0 Å². The molecule has 1 aliphatic carbocycles. The minimum absolute atomic E-state index is 0.190. The van der Waals surface area contributed by atoms with Crippen molar-refractivity contribution in [2.75, 3.05) is 9.80 Å². The van der Waals surface area contributed by atoms with Crippen molar-refractivity contribution in [2.24, 2.45) is 0 Å².